The van der Waals surface area contributed by atoms with Gasteiger partial charge in [-0.3, -0.25) is 4.79 Å². The third kappa shape index (κ3) is 7.33. The molecule has 0 aromatic heterocycles. The minimum absolute atomic E-state index is 0.0928. The fourth-order valence-corrected chi connectivity index (χ4v) is 3.70. The van der Waals surface area contributed by atoms with Crippen LogP contribution in [0.2, 0.25) is 0 Å². The molecule has 29 heavy (non-hydrogen) atoms. The van der Waals surface area contributed by atoms with Gasteiger partial charge in [0, 0.05) is 25.6 Å². The van der Waals surface area contributed by atoms with Crippen LogP contribution in [0, 0.1) is 0 Å². The minimum atomic E-state index is -2.04. The molecule has 0 aromatic carbocycles. The second kappa shape index (κ2) is 12.6. The fraction of sp³-hybridized carbons (Fsp3) is 0.882. The van der Waals surface area contributed by atoms with E-state index in [2.05, 4.69) is 5.32 Å². The monoisotopic (exact) mass is 440 g/mol. The lowest BCUT2D eigenvalue weighted by atomic mass is 9.88. The highest BCUT2D eigenvalue weighted by molar-refractivity contribution is 7.99. The summed E-state index contributed by atoms with van der Waals surface area (Å²) in [5.74, 6) is -1.98. The first-order chi connectivity index (χ1) is 13.7. The normalized spacial score (nSPS) is 29.1. The maximum Gasteiger partial charge on any atom is 0.366 e. The molecule has 1 unspecified atom stereocenters. The number of carbonyl (C=O) groups excluding carboxylic acids is 2. The van der Waals surface area contributed by atoms with E-state index in [1.54, 1.807) is 11.8 Å². The molecule has 1 fully saturated rings. The van der Waals surface area contributed by atoms with E-state index in [9.17, 15) is 24.9 Å². The van der Waals surface area contributed by atoms with Gasteiger partial charge in [0.15, 0.2) is 0 Å². The lowest BCUT2D eigenvalue weighted by molar-refractivity contribution is -0.312. The van der Waals surface area contributed by atoms with Crippen molar-refractivity contribution < 1.29 is 44.2 Å². The molecular weight excluding hydrogens is 408 g/mol. The second-order valence-corrected chi connectivity index (χ2v) is 7.89. The average Bonchev–Trinajstić information content (AvgIpc) is 2.70. The number of amides is 1. The van der Waals surface area contributed by atoms with E-state index in [4.69, 9.17) is 25.1 Å². The van der Waals surface area contributed by atoms with Gasteiger partial charge in [-0.25, -0.2) is 4.79 Å². The number of thioether (sulfide) groups is 1. The molecule has 0 spiro atoms. The number of hydrogen-bond donors (Lipinski definition) is 6. The molecule has 0 aromatic rings. The topological polar surface area (TPSA) is 181 Å². The average molecular weight is 441 g/mol. The molecule has 1 heterocycles. The van der Waals surface area contributed by atoms with Crippen molar-refractivity contribution in [1.29, 1.82) is 0 Å². The Morgan fingerprint density at radius 1 is 1.38 bits per heavy atom. The zero-order chi connectivity index (χ0) is 22.0. The van der Waals surface area contributed by atoms with Gasteiger partial charge in [0.2, 0.25) is 5.91 Å². The van der Waals surface area contributed by atoms with Crippen molar-refractivity contribution in [3.8, 4) is 0 Å². The van der Waals surface area contributed by atoms with E-state index >= 15 is 0 Å². The summed E-state index contributed by atoms with van der Waals surface area (Å²) in [5, 5.41) is 42.4. The number of ether oxygens (including phenoxy) is 3. The fourth-order valence-electron chi connectivity index (χ4n) is 3.01. The first-order valence-corrected chi connectivity index (χ1v) is 10.5. The summed E-state index contributed by atoms with van der Waals surface area (Å²) < 4.78 is 16.1. The van der Waals surface area contributed by atoms with Crippen LogP contribution in [0.3, 0.4) is 0 Å². The number of rotatable bonds is 12. The number of carbonyl (C=O) groups is 2. The molecule has 0 aliphatic carbocycles. The van der Waals surface area contributed by atoms with Crippen molar-refractivity contribution in [3.63, 3.8) is 0 Å². The number of aliphatic hydroxyl groups is 4. The largest absolute Gasteiger partial charge is 0.465 e. The van der Waals surface area contributed by atoms with E-state index in [-0.39, 0.29) is 13.0 Å². The van der Waals surface area contributed by atoms with Gasteiger partial charge < -0.3 is 45.7 Å². The molecule has 0 bridgehead atoms. The van der Waals surface area contributed by atoms with Crippen molar-refractivity contribution in [2.75, 3.05) is 38.4 Å². The molecule has 1 aliphatic heterocycles. The Kier molecular flexibility index (Phi) is 11.4. The van der Waals surface area contributed by atoms with Crippen LogP contribution in [-0.4, -0.2) is 107 Å². The molecule has 11 nitrogen and oxygen atoms in total. The molecule has 1 amide bonds. The predicted octanol–water partition coefficient (Wildman–Crippen LogP) is -2.68. The van der Waals surface area contributed by atoms with E-state index in [0.717, 1.165) is 18.6 Å². The van der Waals surface area contributed by atoms with Crippen LogP contribution in [0.4, 0.5) is 0 Å². The zero-order valence-corrected chi connectivity index (χ0v) is 17.5. The van der Waals surface area contributed by atoms with Crippen molar-refractivity contribution in [2.45, 2.75) is 56.0 Å². The summed E-state index contributed by atoms with van der Waals surface area (Å²) in [4.78, 5) is 24.0. The maximum absolute atomic E-state index is 12.5. The Bertz CT molecular complexity index is 527. The Balaban J connectivity index is 3.03. The van der Waals surface area contributed by atoms with Gasteiger partial charge in [0.05, 0.1) is 32.5 Å². The number of nitrogens with one attached hydrogen (secondary N) is 1. The number of esters is 1. The van der Waals surface area contributed by atoms with E-state index in [1.807, 2.05) is 0 Å². The number of aliphatic hydroxyl groups excluding tert-OH is 4. The van der Waals surface area contributed by atoms with Crippen molar-refractivity contribution >= 4 is 23.6 Å². The molecule has 1 saturated heterocycles. The van der Waals surface area contributed by atoms with Gasteiger partial charge in [0.25, 0.3) is 5.79 Å². The Morgan fingerprint density at radius 3 is 2.62 bits per heavy atom. The van der Waals surface area contributed by atoms with E-state index in [1.165, 1.54) is 6.92 Å². The van der Waals surface area contributed by atoms with Gasteiger partial charge in [0.1, 0.15) is 18.3 Å². The summed E-state index contributed by atoms with van der Waals surface area (Å²) in [6.45, 7) is 1.05. The van der Waals surface area contributed by atoms with Crippen molar-refractivity contribution in [1.82, 2.24) is 5.32 Å². The molecule has 1 aliphatic rings. The van der Waals surface area contributed by atoms with Gasteiger partial charge >= 0.3 is 5.97 Å². The molecule has 6 atom stereocenters. The Morgan fingerprint density at radius 2 is 2.07 bits per heavy atom. The van der Waals surface area contributed by atoms with Crippen LogP contribution in [0.15, 0.2) is 0 Å². The summed E-state index contributed by atoms with van der Waals surface area (Å²) in [7, 11) is 1.12. The first kappa shape index (κ1) is 26.0. The standard InChI is InChI=1S/C17H32N2O9S/c1-10(21)19-13-11(22)8-17(16(25)26-2,27-5-3-6-29-7-4-18)28-15(13)14(24)12(23)9-20/h11-15,20,22-24H,3-9,18H2,1-2H3,(H,19,21)/t11-,12-,13-,14-,15?,17-/m1/s1. The van der Waals surface area contributed by atoms with Crippen LogP contribution >= 0.6 is 11.8 Å². The summed E-state index contributed by atoms with van der Waals surface area (Å²) in [6.07, 6.45) is -5.97. The number of methoxy groups -OCH3 is 1. The van der Waals surface area contributed by atoms with Crippen LogP contribution in [0.1, 0.15) is 19.8 Å². The minimum Gasteiger partial charge on any atom is -0.465 e. The zero-order valence-electron chi connectivity index (χ0n) is 16.7. The lowest BCUT2D eigenvalue weighted by Gasteiger charge is -2.46. The van der Waals surface area contributed by atoms with Crippen molar-refractivity contribution in [3.05, 3.63) is 0 Å². The molecule has 12 heteroatoms. The third-order valence-electron chi connectivity index (χ3n) is 4.39. The summed E-state index contributed by atoms with van der Waals surface area (Å²) in [5.41, 5.74) is 5.43. The quantitative estimate of drug-likeness (QED) is 0.137. The maximum atomic E-state index is 12.5. The van der Waals surface area contributed by atoms with E-state index in [0.29, 0.717) is 13.0 Å². The van der Waals surface area contributed by atoms with Gasteiger partial charge in [-0.15, -0.1) is 0 Å². The van der Waals surface area contributed by atoms with Crippen LogP contribution in [0.5, 0.6) is 0 Å². The lowest BCUT2D eigenvalue weighted by Crippen LogP contribution is -2.68. The molecule has 0 radical (unpaired) electrons. The predicted molar refractivity (Wildman–Crippen MR) is 104 cm³/mol. The van der Waals surface area contributed by atoms with Crippen LogP contribution in [-0.2, 0) is 23.8 Å². The number of nitrogens with two attached hydrogens (primary N) is 1. The number of hydrogen-bond acceptors (Lipinski definition) is 11. The van der Waals surface area contributed by atoms with Crippen molar-refractivity contribution in [2.24, 2.45) is 5.73 Å². The molecule has 7 N–H and O–H groups in total. The summed E-state index contributed by atoms with van der Waals surface area (Å²) in [6, 6.07) is -1.15. The SMILES string of the molecule is COC(=O)[C@@]1(OCCCSCCN)C[C@@H](O)[C@@H](NC(C)=O)C([C@H](O)[C@H](O)CO)O1. The van der Waals surface area contributed by atoms with Crippen LogP contribution < -0.4 is 11.1 Å². The summed E-state index contributed by atoms with van der Waals surface area (Å²) >= 11 is 1.61. The van der Waals surface area contributed by atoms with E-state index < -0.39 is 54.7 Å². The highest BCUT2D eigenvalue weighted by Crippen LogP contribution is 2.34. The second-order valence-electron chi connectivity index (χ2n) is 6.67. The Labute approximate surface area is 173 Å². The highest BCUT2D eigenvalue weighted by atomic mass is 32.2. The molecule has 0 saturated carbocycles. The third-order valence-corrected chi connectivity index (χ3v) is 5.49. The van der Waals surface area contributed by atoms with Gasteiger partial charge in [-0.2, -0.15) is 11.8 Å². The smallest absolute Gasteiger partial charge is 0.366 e. The van der Waals surface area contributed by atoms with Crippen LogP contribution in [0.25, 0.3) is 0 Å². The first-order valence-electron chi connectivity index (χ1n) is 9.32. The van der Waals surface area contributed by atoms with Gasteiger partial charge in [-0.1, -0.05) is 0 Å². The molecule has 1 rings (SSSR count). The Hall–Kier alpha value is -0.990. The molecular formula is C17H32N2O9S. The highest BCUT2D eigenvalue weighted by Gasteiger charge is 2.56. The molecule has 170 valence electrons. The van der Waals surface area contributed by atoms with Gasteiger partial charge in [-0.05, 0) is 12.2 Å².